The van der Waals surface area contributed by atoms with Gasteiger partial charge >= 0.3 is 5.97 Å². The molecule has 0 aliphatic carbocycles. The third kappa shape index (κ3) is 6.35. The van der Waals surface area contributed by atoms with Crippen molar-refractivity contribution in [3.8, 4) is 0 Å². The summed E-state index contributed by atoms with van der Waals surface area (Å²) in [7, 11) is 0. The highest BCUT2D eigenvalue weighted by atomic mass is 16.5. The molecule has 0 atom stereocenters. The van der Waals surface area contributed by atoms with Gasteiger partial charge in [-0.25, -0.2) is 9.78 Å². The van der Waals surface area contributed by atoms with Crippen LogP contribution in [-0.4, -0.2) is 29.0 Å². The number of carbonyl (C=O) groups excluding carboxylic acids is 2. The van der Waals surface area contributed by atoms with Gasteiger partial charge in [-0.2, -0.15) is 0 Å². The molecular formula is C20H26N2O4. The molecule has 1 N–H and O–H groups in total. The molecule has 6 nitrogen and oxygen atoms in total. The zero-order chi connectivity index (χ0) is 19.4. The van der Waals surface area contributed by atoms with Crippen molar-refractivity contribution in [1.29, 1.82) is 0 Å². The maximum Gasteiger partial charge on any atom is 0.331 e. The molecule has 1 heterocycles. The highest BCUT2D eigenvalue weighted by Crippen LogP contribution is 2.26. The Hall–Kier alpha value is -2.63. The molecule has 6 heteroatoms. The second-order valence-corrected chi connectivity index (χ2v) is 8.13. The van der Waals surface area contributed by atoms with E-state index in [2.05, 4.69) is 31.1 Å². The van der Waals surface area contributed by atoms with E-state index in [-0.39, 0.29) is 23.5 Å². The smallest absolute Gasteiger partial charge is 0.331 e. The molecule has 1 aromatic heterocycles. The van der Waals surface area contributed by atoms with Gasteiger partial charge in [0.1, 0.15) is 5.52 Å². The summed E-state index contributed by atoms with van der Waals surface area (Å²) in [5.41, 5.74) is 1.05. The molecular weight excluding hydrogens is 332 g/mol. The molecule has 140 valence electrons. The van der Waals surface area contributed by atoms with Gasteiger partial charge < -0.3 is 14.5 Å². The molecule has 26 heavy (non-hydrogen) atoms. The molecule has 0 saturated carbocycles. The Bertz CT molecular complexity index is 780. The molecule has 0 aliphatic heterocycles. The number of nitrogens with one attached hydrogen (secondary N) is 1. The van der Waals surface area contributed by atoms with Crippen LogP contribution in [0.2, 0.25) is 0 Å². The first-order chi connectivity index (χ1) is 12.0. The van der Waals surface area contributed by atoms with Gasteiger partial charge in [0.05, 0.1) is 0 Å². The second kappa shape index (κ2) is 7.72. The van der Waals surface area contributed by atoms with Gasteiger partial charge in [0.25, 0.3) is 5.91 Å². The van der Waals surface area contributed by atoms with E-state index >= 15 is 0 Å². The molecule has 2 rings (SSSR count). The van der Waals surface area contributed by atoms with Crippen LogP contribution in [0.1, 0.15) is 46.9 Å². The maximum atomic E-state index is 12.0. The van der Waals surface area contributed by atoms with Gasteiger partial charge in [-0.3, -0.25) is 4.79 Å². The van der Waals surface area contributed by atoms with Crippen LogP contribution in [0.15, 0.2) is 34.8 Å². The highest BCUT2D eigenvalue weighted by Gasteiger charge is 2.27. The fourth-order valence-electron chi connectivity index (χ4n) is 3.07. The Kier molecular flexibility index (Phi) is 5.85. The van der Waals surface area contributed by atoms with E-state index in [0.29, 0.717) is 17.0 Å². The molecule has 1 amide bonds. The van der Waals surface area contributed by atoms with Crippen LogP contribution in [0.5, 0.6) is 0 Å². The fraction of sp³-hybridized carbons (Fsp3) is 0.450. The number of para-hydroxylation sites is 2. The van der Waals surface area contributed by atoms with Crippen LogP contribution < -0.4 is 5.32 Å². The van der Waals surface area contributed by atoms with E-state index < -0.39 is 5.97 Å². The van der Waals surface area contributed by atoms with E-state index in [4.69, 9.17) is 9.15 Å². The Labute approximate surface area is 153 Å². The van der Waals surface area contributed by atoms with E-state index in [0.717, 1.165) is 6.42 Å². The summed E-state index contributed by atoms with van der Waals surface area (Å²) in [4.78, 5) is 28.0. The SMILES string of the molecule is CC(C)(C)CC(C)(C)NC(=O)COC(=O)/C=C/c1nc2ccccc2o1. The Morgan fingerprint density at radius 1 is 1.19 bits per heavy atom. The van der Waals surface area contributed by atoms with E-state index in [1.165, 1.54) is 12.2 Å². The lowest BCUT2D eigenvalue weighted by Crippen LogP contribution is -2.47. The maximum absolute atomic E-state index is 12.0. The molecule has 0 fully saturated rings. The van der Waals surface area contributed by atoms with Gasteiger partial charge in [-0.15, -0.1) is 0 Å². The standard InChI is InChI=1S/C20H26N2O4/c1-19(2,3)13-20(4,5)22-16(23)12-25-18(24)11-10-17-21-14-8-6-7-9-15(14)26-17/h6-11H,12-13H2,1-5H3,(H,22,23)/b11-10+. The summed E-state index contributed by atoms with van der Waals surface area (Å²) in [5, 5.41) is 2.89. The van der Waals surface area contributed by atoms with Crippen LogP contribution in [-0.2, 0) is 14.3 Å². The average molecular weight is 358 g/mol. The lowest BCUT2D eigenvalue weighted by atomic mass is 9.82. The van der Waals surface area contributed by atoms with Crippen LogP contribution in [0.4, 0.5) is 0 Å². The lowest BCUT2D eigenvalue weighted by Gasteiger charge is -2.33. The quantitative estimate of drug-likeness (QED) is 0.629. The average Bonchev–Trinajstić information content (AvgIpc) is 2.90. The first-order valence-corrected chi connectivity index (χ1v) is 8.56. The van der Waals surface area contributed by atoms with Crippen LogP contribution in [0, 0.1) is 5.41 Å². The van der Waals surface area contributed by atoms with E-state index in [1.54, 1.807) is 6.07 Å². The first-order valence-electron chi connectivity index (χ1n) is 8.56. The molecule has 1 aromatic carbocycles. The highest BCUT2D eigenvalue weighted by molar-refractivity contribution is 5.89. The first kappa shape index (κ1) is 19.7. The number of carbonyl (C=O) groups is 2. The van der Waals surface area contributed by atoms with Crippen molar-refractivity contribution in [3.63, 3.8) is 0 Å². The molecule has 2 aromatic rings. The van der Waals surface area contributed by atoms with Crippen molar-refractivity contribution in [3.05, 3.63) is 36.2 Å². The third-order valence-corrected chi connectivity index (χ3v) is 3.47. The molecule has 0 aliphatic rings. The number of rotatable bonds is 6. The molecule has 0 saturated heterocycles. The van der Waals surface area contributed by atoms with Crippen molar-refractivity contribution in [1.82, 2.24) is 10.3 Å². The third-order valence-electron chi connectivity index (χ3n) is 3.47. The van der Waals surface area contributed by atoms with Crippen molar-refractivity contribution < 1.29 is 18.7 Å². The summed E-state index contributed by atoms with van der Waals surface area (Å²) in [6.07, 6.45) is 3.42. The summed E-state index contributed by atoms with van der Waals surface area (Å²) in [5.74, 6) is -0.655. The number of hydrogen-bond donors (Lipinski definition) is 1. The molecule has 0 radical (unpaired) electrons. The number of aromatic nitrogens is 1. The van der Waals surface area contributed by atoms with Crippen LogP contribution >= 0.6 is 0 Å². The van der Waals surface area contributed by atoms with Crippen molar-refractivity contribution in [2.75, 3.05) is 6.61 Å². The van der Waals surface area contributed by atoms with Gasteiger partial charge in [-0.1, -0.05) is 32.9 Å². The normalized spacial score (nSPS) is 12.5. The number of hydrogen-bond acceptors (Lipinski definition) is 5. The minimum Gasteiger partial charge on any atom is -0.452 e. The summed E-state index contributed by atoms with van der Waals surface area (Å²) in [6, 6.07) is 7.31. The number of ether oxygens (including phenoxy) is 1. The second-order valence-electron chi connectivity index (χ2n) is 8.13. The van der Waals surface area contributed by atoms with Gasteiger partial charge in [-0.05, 0) is 37.8 Å². The number of benzene rings is 1. The van der Waals surface area contributed by atoms with Gasteiger partial charge in [0.2, 0.25) is 5.89 Å². The fourth-order valence-corrected chi connectivity index (χ4v) is 3.07. The Morgan fingerprint density at radius 2 is 1.88 bits per heavy atom. The zero-order valence-corrected chi connectivity index (χ0v) is 16.0. The number of esters is 1. The van der Waals surface area contributed by atoms with Crippen molar-refractivity contribution in [2.45, 2.75) is 46.6 Å². The Morgan fingerprint density at radius 3 is 2.54 bits per heavy atom. The summed E-state index contributed by atoms with van der Waals surface area (Å²) in [6.45, 7) is 9.90. The lowest BCUT2D eigenvalue weighted by molar-refractivity contribution is -0.144. The van der Waals surface area contributed by atoms with Gasteiger partial charge in [0.15, 0.2) is 12.2 Å². The number of nitrogens with zero attached hydrogens (tertiary/aromatic N) is 1. The van der Waals surface area contributed by atoms with Crippen LogP contribution in [0.25, 0.3) is 17.2 Å². The number of fused-ring (bicyclic) bond motifs is 1. The molecule has 0 bridgehead atoms. The minimum atomic E-state index is -0.629. The van der Waals surface area contributed by atoms with Gasteiger partial charge in [0, 0.05) is 17.7 Å². The monoisotopic (exact) mass is 358 g/mol. The van der Waals surface area contributed by atoms with Crippen molar-refractivity contribution >= 4 is 29.1 Å². The predicted molar refractivity (Wildman–Crippen MR) is 100 cm³/mol. The van der Waals surface area contributed by atoms with Crippen LogP contribution in [0.3, 0.4) is 0 Å². The summed E-state index contributed by atoms with van der Waals surface area (Å²) >= 11 is 0. The number of amides is 1. The minimum absolute atomic E-state index is 0.0791. The number of oxazole rings is 1. The molecule has 0 spiro atoms. The molecule has 0 unspecified atom stereocenters. The van der Waals surface area contributed by atoms with Crippen molar-refractivity contribution in [2.24, 2.45) is 5.41 Å². The Balaban J connectivity index is 1.83. The zero-order valence-electron chi connectivity index (χ0n) is 16.0. The van der Waals surface area contributed by atoms with E-state index in [1.807, 2.05) is 32.0 Å². The topological polar surface area (TPSA) is 81.4 Å². The van der Waals surface area contributed by atoms with E-state index in [9.17, 15) is 9.59 Å². The summed E-state index contributed by atoms with van der Waals surface area (Å²) < 4.78 is 10.4. The predicted octanol–water partition coefficient (Wildman–Crippen LogP) is 3.72. The largest absolute Gasteiger partial charge is 0.452 e.